The average molecular weight is 330 g/mol. The number of benzene rings is 1. The fourth-order valence-electron chi connectivity index (χ4n) is 2.56. The van der Waals surface area contributed by atoms with Crippen molar-refractivity contribution in [2.24, 2.45) is 0 Å². The number of methoxy groups -OCH3 is 1. The average Bonchev–Trinajstić information content (AvgIpc) is 2.89. The number of aryl methyl sites for hydroxylation is 3. The zero-order valence-electron chi connectivity index (χ0n) is 14.8. The molecule has 0 aliphatic carbocycles. The van der Waals surface area contributed by atoms with Crippen LogP contribution >= 0.6 is 0 Å². The fourth-order valence-corrected chi connectivity index (χ4v) is 2.56. The Bertz CT molecular complexity index is 662. The molecule has 2 amide bonds. The van der Waals surface area contributed by atoms with Crippen molar-refractivity contribution in [1.29, 1.82) is 0 Å². The summed E-state index contributed by atoms with van der Waals surface area (Å²) in [5, 5.41) is 5.83. The summed E-state index contributed by atoms with van der Waals surface area (Å²) in [4.78, 5) is 12.0. The molecular formula is C19H26N2O3. The normalized spacial score (nSPS) is 11.8. The van der Waals surface area contributed by atoms with Crippen LogP contribution in [0.3, 0.4) is 0 Å². The molecule has 0 saturated heterocycles. The molecule has 1 aromatic heterocycles. The molecule has 5 heteroatoms. The molecule has 1 aromatic carbocycles. The van der Waals surface area contributed by atoms with E-state index in [4.69, 9.17) is 9.15 Å². The molecule has 0 bridgehead atoms. The van der Waals surface area contributed by atoms with Gasteiger partial charge < -0.3 is 19.8 Å². The van der Waals surface area contributed by atoms with Gasteiger partial charge in [0.05, 0.1) is 7.11 Å². The van der Waals surface area contributed by atoms with Crippen LogP contribution in [0.25, 0.3) is 0 Å². The number of carbonyl (C=O) groups excluding carboxylic acids is 1. The van der Waals surface area contributed by atoms with Gasteiger partial charge in [-0.15, -0.1) is 0 Å². The number of furan rings is 1. The Kier molecular flexibility index (Phi) is 6.29. The number of amides is 2. The van der Waals surface area contributed by atoms with E-state index in [0.717, 1.165) is 35.7 Å². The van der Waals surface area contributed by atoms with Crippen LogP contribution in [0.2, 0.25) is 0 Å². The maximum absolute atomic E-state index is 12.0. The van der Waals surface area contributed by atoms with Gasteiger partial charge in [0.2, 0.25) is 0 Å². The largest absolute Gasteiger partial charge is 0.497 e. The first kappa shape index (κ1) is 17.9. The lowest BCUT2D eigenvalue weighted by Gasteiger charge is -2.14. The van der Waals surface area contributed by atoms with Crippen molar-refractivity contribution in [3.8, 4) is 5.75 Å². The van der Waals surface area contributed by atoms with Gasteiger partial charge in [0.25, 0.3) is 0 Å². The number of rotatable bonds is 7. The highest BCUT2D eigenvalue weighted by molar-refractivity contribution is 5.74. The fraction of sp³-hybridized carbons (Fsp3) is 0.421. The van der Waals surface area contributed by atoms with Gasteiger partial charge in [-0.25, -0.2) is 4.79 Å². The quantitative estimate of drug-likeness (QED) is 0.813. The second kappa shape index (κ2) is 8.43. The minimum Gasteiger partial charge on any atom is -0.497 e. The zero-order valence-corrected chi connectivity index (χ0v) is 14.8. The Morgan fingerprint density at radius 1 is 1.25 bits per heavy atom. The number of hydrogen-bond acceptors (Lipinski definition) is 3. The van der Waals surface area contributed by atoms with Crippen molar-refractivity contribution in [2.45, 2.75) is 46.2 Å². The Balaban J connectivity index is 1.71. The summed E-state index contributed by atoms with van der Waals surface area (Å²) in [5.41, 5.74) is 2.24. The molecule has 1 atom stereocenters. The summed E-state index contributed by atoms with van der Waals surface area (Å²) in [6.45, 7) is 6.29. The third-order valence-corrected chi connectivity index (χ3v) is 3.99. The lowest BCUT2D eigenvalue weighted by molar-refractivity contribution is 0.236. The third kappa shape index (κ3) is 5.33. The van der Waals surface area contributed by atoms with Gasteiger partial charge in [0.15, 0.2) is 0 Å². The molecule has 24 heavy (non-hydrogen) atoms. The highest BCUT2D eigenvalue weighted by atomic mass is 16.5. The second-order valence-corrected chi connectivity index (χ2v) is 6.05. The van der Waals surface area contributed by atoms with Gasteiger partial charge in [0.1, 0.15) is 17.3 Å². The summed E-state index contributed by atoms with van der Waals surface area (Å²) in [6, 6.07) is 9.90. The minimum absolute atomic E-state index is 0.0966. The molecule has 1 unspecified atom stereocenters. The molecule has 0 aliphatic heterocycles. The molecule has 0 saturated carbocycles. The standard InChI is InChI=1S/C19H26N2O3/c1-13(5-6-16-7-9-18(23-4)10-8-16)21-19(22)20-12-17-11-14(2)24-15(17)3/h7-11,13H,5-6,12H2,1-4H3,(H2,20,21,22). The summed E-state index contributed by atoms with van der Waals surface area (Å²) in [6.07, 6.45) is 1.79. The van der Waals surface area contributed by atoms with Crippen molar-refractivity contribution >= 4 is 6.03 Å². The zero-order chi connectivity index (χ0) is 17.5. The summed E-state index contributed by atoms with van der Waals surface area (Å²) >= 11 is 0. The van der Waals surface area contributed by atoms with Crippen LogP contribution in [0.4, 0.5) is 4.79 Å². The van der Waals surface area contributed by atoms with E-state index in [2.05, 4.69) is 22.8 Å². The Hall–Kier alpha value is -2.43. The minimum atomic E-state index is -0.157. The molecule has 2 N–H and O–H groups in total. The van der Waals surface area contributed by atoms with E-state index in [1.165, 1.54) is 5.56 Å². The monoisotopic (exact) mass is 330 g/mol. The third-order valence-electron chi connectivity index (χ3n) is 3.99. The second-order valence-electron chi connectivity index (χ2n) is 6.05. The molecule has 0 aliphatic rings. The molecular weight excluding hydrogens is 304 g/mol. The molecule has 0 fully saturated rings. The van der Waals surface area contributed by atoms with Crippen LogP contribution in [0, 0.1) is 13.8 Å². The van der Waals surface area contributed by atoms with Gasteiger partial charge in [-0.05, 0) is 57.4 Å². The molecule has 5 nitrogen and oxygen atoms in total. The van der Waals surface area contributed by atoms with E-state index in [9.17, 15) is 4.79 Å². The van der Waals surface area contributed by atoms with E-state index in [1.807, 2.05) is 39.0 Å². The highest BCUT2D eigenvalue weighted by Gasteiger charge is 2.09. The number of urea groups is 1. The van der Waals surface area contributed by atoms with Gasteiger partial charge in [-0.3, -0.25) is 0 Å². The Morgan fingerprint density at radius 3 is 2.54 bits per heavy atom. The summed E-state index contributed by atoms with van der Waals surface area (Å²) in [5.74, 6) is 2.56. The molecule has 2 rings (SSSR count). The van der Waals surface area contributed by atoms with Crippen molar-refractivity contribution in [2.75, 3.05) is 7.11 Å². The molecule has 2 aromatic rings. The van der Waals surface area contributed by atoms with Crippen LogP contribution in [0.1, 0.15) is 36.0 Å². The summed E-state index contributed by atoms with van der Waals surface area (Å²) < 4.78 is 10.6. The molecule has 130 valence electrons. The molecule has 1 heterocycles. The maximum Gasteiger partial charge on any atom is 0.315 e. The maximum atomic E-state index is 12.0. The van der Waals surface area contributed by atoms with E-state index < -0.39 is 0 Å². The smallest absolute Gasteiger partial charge is 0.315 e. The lowest BCUT2D eigenvalue weighted by atomic mass is 10.1. The predicted molar refractivity (Wildman–Crippen MR) is 94.3 cm³/mol. The number of ether oxygens (including phenoxy) is 1. The molecule has 0 radical (unpaired) electrons. The van der Waals surface area contributed by atoms with Gasteiger partial charge >= 0.3 is 6.03 Å². The number of nitrogens with one attached hydrogen (secondary N) is 2. The number of carbonyl (C=O) groups is 1. The topological polar surface area (TPSA) is 63.5 Å². The van der Waals surface area contributed by atoms with Crippen LogP contribution < -0.4 is 15.4 Å². The van der Waals surface area contributed by atoms with E-state index in [1.54, 1.807) is 7.11 Å². The molecule has 0 spiro atoms. The Labute approximate surface area is 143 Å². The Morgan fingerprint density at radius 2 is 1.96 bits per heavy atom. The first-order chi connectivity index (χ1) is 11.5. The lowest BCUT2D eigenvalue weighted by Crippen LogP contribution is -2.40. The van der Waals surface area contributed by atoms with Gasteiger partial charge in [0, 0.05) is 18.2 Å². The van der Waals surface area contributed by atoms with Crippen molar-refractivity contribution in [3.63, 3.8) is 0 Å². The van der Waals surface area contributed by atoms with Crippen LogP contribution in [-0.4, -0.2) is 19.2 Å². The van der Waals surface area contributed by atoms with E-state index in [0.29, 0.717) is 6.54 Å². The van der Waals surface area contributed by atoms with Crippen molar-refractivity contribution < 1.29 is 13.9 Å². The summed E-state index contributed by atoms with van der Waals surface area (Å²) in [7, 11) is 1.66. The SMILES string of the molecule is COc1ccc(CCC(C)NC(=O)NCc2cc(C)oc2C)cc1. The van der Waals surface area contributed by atoms with Crippen LogP contribution in [-0.2, 0) is 13.0 Å². The van der Waals surface area contributed by atoms with E-state index in [-0.39, 0.29) is 12.1 Å². The highest BCUT2D eigenvalue weighted by Crippen LogP contribution is 2.14. The number of hydrogen-bond donors (Lipinski definition) is 2. The van der Waals surface area contributed by atoms with Crippen LogP contribution in [0.15, 0.2) is 34.7 Å². The van der Waals surface area contributed by atoms with Gasteiger partial charge in [-0.2, -0.15) is 0 Å². The van der Waals surface area contributed by atoms with Crippen LogP contribution in [0.5, 0.6) is 5.75 Å². The van der Waals surface area contributed by atoms with Crippen molar-refractivity contribution in [1.82, 2.24) is 10.6 Å². The first-order valence-electron chi connectivity index (χ1n) is 8.21. The van der Waals surface area contributed by atoms with Crippen molar-refractivity contribution in [3.05, 3.63) is 53.0 Å². The van der Waals surface area contributed by atoms with E-state index >= 15 is 0 Å². The first-order valence-corrected chi connectivity index (χ1v) is 8.21. The predicted octanol–water partition coefficient (Wildman–Crippen LogP) is 3.73. The van der Waals surface area contributed by atoms with Gasteiger partial charge in [-0.1, -0.05) is 12.1 Å².